The second-order valence-corrected chi connectivity index (χ2v) is 4.56. The van der Waals surface area contributed by atoms with Gasteiger partial charge in [-0.3, -0.25) is 14.6 Å². The number of carboxylic acids is 2. The summed E-state index contributed by atoms with van der Waals surface area (Å²) >= 11 is 0. The SMILES string of the molecule is CCC(=O)O.CCCCCCCCCN=CCC(=O)O.[NaH]. The monoisotopic (exact) mass is 311 g/mol. The molecule has 0 saturated heterocycles. The Morgan fingerprint density at radius 1 is 0.905 bits per heavy atom. The van der Waals surface area contributed by atoms with E-state index in [0.717, 1.165) is 13.0 Å². The van der Waals surface area contributed by atoms with Crippen molar-refractivity contribution in [2.45, 2.75) is 71.6 Å². The predicted molar refractivity (Wildman–Crippen MR) is 88.7 cm³/mol. The van der Waals surface area contributed by atoms with Crippen LogP contribution in [0.5, 0.6) is 0 Å². The van der Waals surface area contributed by atoms with Gasteiger partial charge in [0, 0.05) is 19.2 Å². The van der Waals surface area contributed by atoms with Crippen LogP contribution < -0.4 is 0 Å². The fraction of sp³-hybridized carbons (Fsp3) is 0.800. The molecule has 2 N–H and O–H groups in total. The number of carbonyl (C=O) groups is 2. The summed E-state index contributed by atoms with van der Waals surface area (Å²) in [6, 6.07) is 0. The topological polar surface area (TPSA) is 87.0 Å². The zero-order valence-electron chi connectivity index (χ0n) is 12.8. The maximum absolute atomic E-state index is 10.1. The number of nitrogens with zero attached hydrogens (tertiary/aromatic N) is 1. The van der Waals surface area contributed by atoms with Crippen LogP contribution in [0.1, 0.15) is 71.6 Å². The number of hydrogen-bond acceptors (Lipinski definition) is 3. The molecule has 0 aromatic heterocycles. The first-order valence-electron chi connectivity index (χ1n) is 7.46. The van der Waals surface area contributed by atoms with Gasteiger partial charge in [0.15, 0.2) is 0 Å². The molecule has 0 amide bonds. The first-order chi connectivity index (χ1) is 9.54. The van der Waals surface area contributed by atoms with E-state index in [-0.39, 0.29) is 42.4 Å². The van der Waals surface area contributed by atoms with Gasteiger partial charge in [-0.05, 0) is 6.42 Å². The summed E-state index contributed by atoms with van der Waals surface area (Å²) < 4.78 is 0. The Balaban J connectivity index is -0.000000465. The van der Waals surface area contributed by atoms with E-state index in [9.17, 15) is 9.59 Å². The molecule has 0 fully saturated rings. The molecule has 0 heterocycles. The van der Waals surface area contributed by atoms with Crippen LogP contribution in [0.2, 0.25) is 0 Å². The Morgan fingerprint density at radius 3 is 1.81 bits per heavy atom. The van der Waals surface area contributed by atoms with E-state index in [1.54, 1.807) is 6.92 Å². The molecule has 0 rings (SSSR count). The number of aliphatic imine (C=N–C) groups is 1. The summed E-state index contributed by atoms with van der Waals surface area (Å²) in [6.07, 6.45) is 10.7. The molecule has 0 aliphatic carbocycles. The van der Waals surface area contributed by atoms with E-state index in [1.807, 2.05) is 0 Å². The van der Waals surface area contributed by atoms with Gasteiger partial charge in [0.05, 0.1) is 6.42 Å². The number of hydrogen-bond donors (Lipinski definition) is 2. The molecule has 0 unspecified atom stereocenters. The van der Waals surface area contributed by atoms with E-state index in [2.05, 4.69) is 11.9 Å². The molecule has 0 spiro atoms. The van der Waals surface area contributed by atoms with Gasteiger partial charge in [0.1, 0.15) is 0 Å². The zero-order chi connectivity index (χ0) is 15.6. The van der Waals surface area contributed by atoms with E-state index in [0.29, 0.717) is 0 Å². The molecular formula is C15H30NNaO4. The molecular weight excluding hydrogens is 281 g/mol. The van der Waals surface area contributed by atoms with Crippen molar-refractivity contribution in [3.63, 3.8) is 0 Å². The third-order valence-electron chi connectivity index (χ3n) is 2.59. The first kappa shape index (κ1) is 25.6. The van der Waals surface area contributed by atoms with E-state index < -0.39 is 11.9 Å². The van der Waals surface area contributed by atoms with Crippen LogP contribution in [0.4, 0.5) is 0 Å². The molecule has 0 radical (unpaired) electrons. The van der Waals surface area contributed by atoms with Crippen molar-refractivity contribution in [3.05, 3.63) is 0 Å². The summed E-state index contributed by atoms with van der Waals surface area (Å²) in [6.45, 7) is 4.60. The Morgan fingerprint density at radius 2 is 1.38 bits per heavy atom. The molecule has 0 aliphatic heterocycles. The molecule has 0 bridgehead atoms. The molecule has 21 heavy (non-hydrogen) atoms. The molecule has 0 atom stereocenters. The standard InChI is InChI=1S/C12H23NO2.C3H6O2.Na.H/c1-2-3-4-5-6-7-8-10-13-11-9-12(14)15;1-2-3(4)5;;/h11H,2-10H2,1H3,(H,14,15);2H2,1H3,(H,4,5);;. The van der Waals surface area contributed by atoms with Crippen LogP contribution in [0, 0.1) is 0 Å². The minimum absolute atomic E-state index is 0. The average molecular weight is 311 g/mol. The van der Waals surface area contributed by atoms with Gasteiger partial charge in [0.2, 0.25) is 0 Å². The van der Waals surface area contributed by atoms with E-state index in [4.69, 9.17) is 10.2 Å². The number of carboxylic acid groups (broad SMARTS) is 2. The second-order valence-electron chi connectivity index (χ2n) is 4.56. The van der Waals surface area contributed by atoms with Crippen molar-refractivity contribution in [2.75, 3.05) is 6.54 Å². The normalized spacial score (nSPS) is 9.62. The first-order valence-corrected chi connectivity index (χ1v) is 7.46. The van der Waals surface area contributed by atoms with Gasteiger partial charge in [-0.2, -0.15) is 0 Å². The van der Waals surface area contributed by atoms with Crippen molar-refractivity contribution >= 4 is 47.7 Å². The van der Waals surface area contributed by atoms with Gasteiger partial charge >= 0.3 is 41.5 Å². The van der Waals surface area contributed by atoms with Crippen molar-refractivity contribution in [2.24, 2.45) is 4.99 Å². The van der Waals surface area contributed by atoms with Gasteiger partial charge < -0.3 is 10.2 Å². The van der Waals surface area contributed by atoms with Crippen molar-refractivity contribution in [3.8, 4) is 0 Å². The molecule has 120 valence electrons. The second kappa shape index (κ2) is 21.9. The Labute approximate surface area is 150 Å². The van der Waals surface area contributed by atoms with E-state index in [1.165, 1.54) is 44.7 Å². The van der Waals surface area contributed by atoms with Crippen LogP contribution >= 0.6 is 0 Å². The van der Waals surface area contributed by atoms with Crippen LogP contribution in [-0.4, -0.2) is 64.5 Å². The number of rotatable bonds is 11. The molecule has 6 heteroatoms. The third kappa shape index (κ3) is 32.8. The Bertz CT molecular complexity index is 270. The summed E-state index contributed by atoms with van der Waals surface area (Å²) in [5.41, 5.74) is 0. The average Bonchev–Trinajstić information content (AvgIpc) is 2.41. The van der Waals surface area contributed by atoms with Crippen molar-refractivity contribution < 1.29 is 19.8 Å². The maximum atomic E-state index is 10.1. The molecule has 5 nitrogen and oxygen atoms in total. The fourth-order valence-electron chi connectivity index (χ4n) is 1.39. The van der Waals surface area contributed by atoms with Crippen LogP contribution in [0.25, 0.3) is 0 Å². The summed E-state index contributed by atoms with van der Waals surface area (Å²) in [4.78, 5) is 23.6. The van der Waals surface area contributed by atoms with E-state index >= 15 is 0 Å². The minimum atomic E-state index is -0.807. The summed E-state index contributed by atoms with van der Waals surface area (Å²) in [5.74, 6) is -1.55. The molecule has 0 aliphatic rings. The predicted octanol–water partition coefficient (Wildman–Crippen LogP) is 3.12. The number of aliphatic carboxylic acids is 2. The van der Waals surface area contributed by atoms with Crippen molar-refractivity contribution in [1.29, 1.82) is 0 Å². The van der Waals surface area contributed by atoms with Crippen molar-refractivity contribution in [1.82, 2.24) is 0 Å². The third-order valence-corrected chi connectivity index (χ3v) is 2.59. The van der Waals surface area contributed by atoms with Gasteiger partial charge in [-0.15, -0.1) is 0 Å². The van der Waals surface area contributed by atoms with Crippen LogP contribution in [-0.2, 0) is 9.59 Å². The molecule has 0 aromatic rings. The summed E-state index contributed by atoms with van der Waals surface area (Å²) in [7, 11) is 0. The summed E-state index contributed by atoms with van der Waals surface area (Å²) in [5, 5.41) is 16.1. The fourth-order valence-corrected chi connectivity index (χ4v) is 1.39. The van der Waals surface area contributed by atoms with Gasteiger partial charge in [-0.1, -0.05) is 52.4 Å². The number of unbranched alkanes of at least 4 members (excludes halogenated alkanes) is 6. The zero-order valence-corrected chi connectivity index (χ0v) is 12.8. The van der Waals surface area contributed by atoms with Gasteiger partial charge in [-0.25, -0.2) is 0 Å². The Hall–Kier alpha value is -0.390. The quantitative estimate of drug-likeness (QED) is 0.349. The Kier molecular flexibility index (Phi) is 26.7. The van der Waals surface area contributed by atoms with Crippen LogP contribution in [0.3, 0.4) is 0 Å². The van der Waals surface area contributed by atoms with Crippen LogP contribution in [0.15, 0.2) is 4.99 Å². The molecule has 0 saturated carbocycles. The molecule has 0 aromatic carbocycles. The van der Waals surface area contributed by atoms with Gasteiger partial charge in [0.25, 0.3) is 0 Å².